The molecule has 0 spiro atoms. The van der Waals surface area contributed by atoms with Gasteiger partial charge in [-0.3, -0.25) is 0 Å². The predicted molar refractivity (Wildman–Crippen MR) is 147 cm³/mol. The minimum Gasteiger partial charge on any atom is -0.479 e. The van der Waals surface area contributed by atoms with E-state index in [2.05, 4.69) is 0 Å². The molecular weight excluding hydrogens is 678 g/mol. The standard InChI is InChI=1S/C26H45NO22/c27-1-2-42-23-15(37)11(33)18(7(4-29)44-23)47-26-17(39)13(35)20(21(49-26)22(40)41)48-25-16(38)12(34)19(8(5-30)45-25)46-24-14(36)10(32)9(31)6(3-28)43-24/h6-21,23-26,28-39H,1-5,27H2,(H,40,41)/t6?,7?,8?,9-,10+,11-,12-,13-,14?,15?,16?,17?,18-,19+,20+,21?,23-,24-,25-,26-/m1/s1. The van der Waals surface area contributed by atoms with Crippen molar-refractivity contribution in [1.82, 2.24) is 0 Å². The molecule has 15 N–H and O–H groups in total. The fraction of sp³-hybridized carbons (Fsp3) is 0.962. The van der Waals surface area contributed by atoms with E-state index >= 15 is 0 Å². The highest BCUT2D eigenvalue weighted by atomic mass is 16.8. The Morgan fingerprint density at radius 3 is 1.37 bits per heavy atom. The lowest BCUT2D eigenvalue weighted by atomic mass is 9.95. The number of aliphatic hydroxyl groups is 12. The molecule has 4 saturated heterocycles. The Labute approximate surface area is 277 Å². The number of rotatable bonds is 13. The zero-order valence-electron chi connectivity index (χ0n) is 25.6. The molecule has 0 bridgehead atoms. The maximum absolute atomic E-state index is 12.2. The molecule has 4 rings (SSSR count). The van der Waals surface area contributed by atoms with Crippen LogP contribution >= 0.6 is 0 Å². The second-order valence-corrected chi connectivity index (χ2v) is 11.8. The summed E-state index contributed by atoms with van der Waals surface area (Å²) in [6.07, 6.45) is -37.1. The van der Waals surface area contributed by atoms with Crippen molar-refractivity contribution in [3.05, 3.63) is 0 Å². The number of nitrogens with two attached hydrogens (primary N) is 1. The van der Waals surface area contributed by atoms with Crippen LogP contribution in [0.15, 0.2) is 0 Å². The van der Waals surface area contributed by atoms with E-state index < -0.39 is 149 Å². The van der Waals surface area contributed by atoms with E-state index in [1.54, 1.807) is 0 Å². The van der Waals surface area contributed by atoms with Crippen molar-refractivity contribution in [2.45, 2.75) is 123 Å². The van der Waals surface area contributed by atoms with Crippen LogP contribution in [0.3, 0.4) is 0 Å². The van der Waals surface area contributed by atoms with Crippen molar-refractivity contribution in [2.75, 3.05) is 33.0 Å². The average molecular weight is 724 g/mol. The lowest BCUT2D eigenvalue weighted by Gasteiger charge is -2.48. The third kappa shape index (κ3) is 8.48. The molecule has 286 valence electrons. The van der Waals surface area contributed by atoms with Crippen molar-refractivity contribution in [2.24, 2.45) is 5.73 Å². The van der Waals surface area contributed by atoms with Gasteiger partial charge >= 0.3 is 5.97 Å². The molecule has 4 aliphatic heterocycles. The molecule has 0 amide bonds. The molecule has 4 aliphatic rings. The fourth-order valence-electron chi connectivity index (χ4n) is 5.82. The first kappa shape index (κ1) is 40.4. The quantitative estimate of drug-likeness (QED) is 0.0838. The molecule has 0 saturated carbocycles. The van der Waals surface area contributed by atoms with Gasteiger partial charge in [-0.2, -0.15) is 0 Å². The molecule has 8 unspecified atom stereocenters. The molecule has 23 heteroatoms. The predicted octanol–water partition coefficient (Wildman–Crippen LogP) is -9.67. The molecule has 0 aromatic carbocycles. The number of aliphatic carboxylic acids is 1. The first-order valence-electron chi connectivity index (χ1n) is 15.3. The van der Waals surface area contributed by atoms with Crippen molar-refractivity contribution in [3.8, 4) is 0 Å². The normalized spacial score (nSPS) is 49.5. The summed E-state index contributed by atoms with van der Waals surface area (Å²) in [5.74, 6) is -1.80. The van der Waals surface area contributed by atoms with Crippen LogP contribution in [-0.4, -0.2) is 228 Å². The second kappa shape index (κ2) is 17.4. The maximum Gasteiger partial charge on any atom is 0.335 e. The summed E-state index contributed by atoms with van der Waals surface area (Å²) >= 11 is 0. The lowest BCUT2D eigenvalue weighted by molar-refractivity contribution is -0.385. The van der Waals surface area contributed by atoms with Crippen molar-refractivity contribution >= 4 is 5.97 Å². The number of aliphatic hydroxyl groups excluding tert-OH is 12. The van der Waals surface area contributed by atoms with Crippen LogP contribution < -0.4 is 5.73 Å². The minimum atomic E-state index is -2.21. The Balaban J connectivity index is 1.45. The van der Waals surface area contributed by atoms with Gasteiger partial charge in [0.2, 0.25) is 0 Å². The van der Waals surface area contributed by atoms with Crippen molar-refractivity contribution < 1.29 is 109 Å². The molecule has 4 heterocycles. The molecule has 0 aliphatic carbocycles. The first-order chi connectivity index (χ1) is 23.2. The fourth-order valence-corrected chi connectivity index (χ4v) is 5.82. The van der Waals surface area contributed by atoms with E-state index in [0.717, 1.165) is 0 Å². The highest BCUT2D eigenvalue weighted by molar-refractivity contribution is 5.73. The van der Waals surface area contributed by atoms with Gasteiger partial charge in [0.25, 0.3) is 0 Å². The highest BCUT2D eigenvalue weighted by Gasteiger charge is 2.56. The first-order valence-corrected chi connectivity index (χ1v) is 15.3. The molecule has 4 fully saturated rings. The molecular formula is C26H45NO22. The Bertz CT molecular complexity index is 1040. The smallest absolute Gasteiger partial charge is 0.335 e. The SMILES string of the molecule is NCCO[C@@H]1OC(CO)[C@@H](O[C@@H]2OC(C(=O)O)[C@@H](O[C@H]3OC(CO)[C@H](O[C@H]4OC(CO)[C@@H](O)[C@H](O)C4O)[C@H](O)C3O)[C@H](O)C2O)[C@H](O)C1O. The van der Waals surface area contributed by atoms with Gasteiger partial charge in [-0.05, 0) is 0 Å². The molecule has 49 heavy (non-hydrogen) atoms. The Morgan fingerprint density at radius 1 is 0.510 bits per heavy atom. The summed E-state index contributed by atoms with van der Waals surface area (Å²) in [7, 11) is 0. The number of carboxylic acids is 1. The van der Waals surface area contributed by atoms with Crippen LogP contribution in [0.2, 0.25) is 0 Å². The molecule has 0 aromatic heterocycles. The minimum absolute atomic E-state index is 0.0330. The lowest BCUT2D eigenvalue weighted by Crippen LogP contribution is -2.68. The number of carboxylic acid groups (broad SMARTS) is 1. The summed E-state index contributed by atoms with van der Waals surface area (Å²) in [6, 6.07) is 0. The molecule has 20 atom stereocenters. The van der Waals surface area contributed by atoms with E-state index in [9.17, 15) is 71.2 Å². The van der Waals surface area contributed by atoms with E-state index in [4.69, 9.17) is 43.6 Å². The van der Waals surface area contributed by atoms with Crippen molar-refractivity contribution in [3.63, 3.8) is 0 Å². The van der Waals surface area contributed by atoms with Crippen LogP contribution in [0.4, 0.5) is 0 Å². The maximum atomic E-state index is 12.2. The van der Waals surface area contributed by atoms with Gasteiger partial charge in [0.15, 0.2) is 31.3 Å². The van der Waals surface area contributed by atoms with Gasteiger partial charge in [-0.25, -0.2) is 4.79 Å². The highest BCUT2D eigenvalue weighted by Crippen LogP contribution is 2.34. The van der Waals surface area contributed by atoms with Gasteiger partial charge in [-0.15, -0.1) is 0 Å². The van der Waals surface area contributed by atoms with Gasteiger partial charge in [0.1, 0.15) is 91.6 Å². The van der Waals surface area contributed by atoms with Crippen LogP contribution in [0.1, 0.15) is 0 Å². The van der Waals surface area contributed by atoms with E-state index in [-0.39, 0.29) is 13.2 Å². The van der Waals surface area contributed by atoms with Crippen LogP contribution in [0, 0.1) is 0 Å². The Hall–Kier alpha value is -1.37. The zero-order chi connectivity index (χ0) is 36.3. The summed E-state index contributed by atoms with van der Waals surface area (Å²) in [5, 5.41) is 134. The van der Waals surface area contributed by atoms with Gasteiger partial charge in [-0.1, -0.05) is 0 Å². The summed E-state index contributed by atoms with van der Waals surface area (Å²) in [6.45, 7) is -2.64. The number of carbonyl (C=O) groups is 1. The largest absolute Gasteiger partial charge is 0.479 e. The summed E-state index contributed by atoms with van der Waals surface area (Å²) < 4.78 is 43.0. The van der Waals surface area contributed by atoms with E-state index in [1.807, 2.05) is 0 Å². The van der Waals surface area contributed by atoms with Crippen LogP contribution in [-0.2, 0) is 42.7 Å². The number of ether oxygens (including phenoxy) is 8. The Morgan fingerprint density at radius 2 is 0.898 bits per heavy atom. The van der Waals surface area contributed by atoms with Crippen molar-refractivity contribution in [1.29, 1.82) is 0 Å². The van der Waals surface area contributed by atoms with Crippen LogP contribution in [0.25, 0.3) is 0 Å². The van der Waals surface area contributed by atoms with E-state index in [0.29, 0.717) is 0 Å². The monoisotopic (exact) mass is 723 g/mol. The summed E-state index contributed by atoms with van der Waals surface area (Å²) in [5.41, 5.74) is 5.36. The van der Waals surface area contributed by atoms with Crippen LogP contribution in [0.5, 0.6) is 0 Å². The Kier molecular flexibility index (Phi) is 14.4. The average Bonchev–Trinajstić information content (AvgIpc) is 3.08. The van der Waals surface area contributed by atoms with E-state index in [1.165, 1.54) is 0 Å². The zero-order valence-corrected chi connectivity index (χ0v) is 25.6. The number of hydrogen-bond donors (Lipinski definition) is 14. The number of hydrogen-bond acceptors (Lipinski definition) is 22. The topological polar surface area (TPSA) is 380 Å². The summed E-state index contributed by atoms with van der Waals surface area (Å²) in [4.78, 5) is 12.2. The molecule has 23 nitrogen and oxygen atoms in total. The van der Waals surface area contributed by atoms with Gasteiger partial charge in [0, 0.05) is 6.54 Å². The molecule has 0 radical (unpaired) electrons. The molecule has 0 aromatic rings. The van der Waals surface area contributed by atoms with Gasteiger partial charge < -0.3 is 110 Å². The third-order valence-corrected chi connectivity index (χ3v) is 8.55. The third-order valence-electron chi connectivity index (χ3n) is 8.55. The second-order valence-electron chi connectivity index (χ2n) is 11.8. The van der Waals surface area contributed by atoms with Gasteiger partial charge in [0.05, 0.1) is 26.4 Å².